The minimum Gasteiger partial charge on any atom is -0.497 e. The minimum absolute atomic E-state index is 0.115. The molecule has 0 unspecified atom stereocenters. The molecule has 6 nitrogen and oxygen atoms in total. The van der Waals surface area contributed by atoms with Gasteiger partial charge in [0.25, 0.3) is 11.5 Å². The number of carbonyl (C=O) groups excluding carboxylic acids is 1. The maximum atomic E-state index is 13.7. The number of amides is 1. The minimum atomic E-state index is -0.584. The first-order valence-corrected chi connectivity index (χ1v) is 12.3. The molecule has 34 heavy (non-hydrogen) atoms. The summed E-state index contributed by atoms with van der Waals surface area (Å²) in [5.41, 5.74) is 2.64. The van der Waals surface area contributed by atoms with Crippen molar-refractivity contribution in [1.29, 1.82) is 0 Å². The van der Waals surface area contributed by atoms with E-state index in [1.54, 1.807) is 28.7 Å². The van der Waals surface area contributed by atoms with Gasteiger partial charge >= 0.3 is 0 Å². The molecule has 0 fully saturated rings. The van der Waals surface area contributed by atoms with E-state index in [9.17, 15) is 9.59 Å². The Morgan fingerprint density at radius 1 is 1.15 bits per heavy atom. The second kappa shape index (κ2) is 9.99. The summed E-state index contributed by atoms with van der Waals surface area (Å²) in [4.78, 5) is 34.2. The third-order valence-electron chi connectivity index (χ3n) is 5.90. The van der Waals surface area contributed by atoms with Gasteiger partial charge in [0.2, 0.25) is 0 Å². The highest BCUT2D eigenvalue weighted by Crippen LogP contribution is 2.31. The van der Waals surface area contributed by atoms with Crippen LogP contribution in [0.2, 0.25) is 5.02 Å². The fourth-order valence-electron chi connectivity index (χ4n) is 4.09. The number of benzene rings is 2. The van der Waals surface area contributed by atoms with Gasteiger partial charge in [0.15, 0.2) is 4.80 Å². The molecule has 8 heteroatoms. The Kier molecular flexibility index (Phi) is 7.05. The number of ether oxygens (including phenoxy) is 1. The third kappa shape index (κ3) is 4.45. The molecule has 0 saturated carbocycles. The van der Waals surface area contributed by atoms with Gasteiger partial charge in [0.05, 0.1) is 29.0 Å². The van der Waals surface area contributed by atoms with Crippen molar-refractivity contribution in [1.82, 2.24) is 9.47 Å². The van der Waals surface area contributed by atoms with E-state index in [1.807, 2.05) is 63.2 Å². The number of likely N-dealkylation sites (N-methyl/N-ethyl adjacent to an activating group) is 1. The predicted octanol–water partition coefficient (Wildman–Crippen LogP) is 3.77. The fraction of sp³-hybridized carbons (Fsp3) is 0.269. The quantitative estimate of drug-likeness (QED) is 0.523. The summed E-state index contributed by atoms with van der Waals surface area (Å²) in [7, 11) is 1.61. The Hall–Kier alpha value is -3.16. The lowest BCUT2D eigenvalue weighted by atomic mass is 9.94. The van der Waals surface area contributed by atoms with E-state index >= 15 is 0 Å². The Bertz CT molecular complexity index is 1420. The summed E-state index contributed by atoms with van der Waals surface area (Å²) >= 11 is 7.45. The van der Waals surface area contributed by atoms with Crippen molar-refractivity contribution in [3.8, 4) is 5.75 Å². The second-order valence-electron chi connectivity index (χ2n) is 7.88. The van der Waals surface area contributed by atoms with Crippen molar-refractivity contribution in [2.75, 3.05) is 20.2 Å². The Morgan fingerprint density at radius 2 is 1.79 bits per heavy atom. The number of aromatic nitrogens is 1. The number of carbonyl (C=O) groups is 1. The second-order valence-corrected chi connectivity index (χ2v) is 9.33. The molecule has 0 radical (unpaired) electrons. The van der Waals surface area contributed by atoms with Gasteiger partial charge < -0.3 is 9.64 Å². The number of halogens is 1. The van der Waals surface area contributed by atoms with Gasteiger partial charge in [-0.2, -0.15) is 0 Å². The number of methoxy groups -OCH3 is 1. The zero-order chi connectivity index (χ0) is 24.4. The number of fused-ring (bicyclic) bond motifs is 1. The lowest BCUT2D eigenvalue weighted by Gasteiger charge is -2.29. The highest BCUT2D eigenvalue weighted by atomic mass is 35.5. The van der Waals surface area contributed by atoms with Gasteiger partial charge in [-0.25, -0.2) is 4.99 Å². The maximum absolute atomic E-state index is 13.7. The summed E-state index contributed by atoms with van der Waals surface area (Å²) in [5.74, 6) is 0.632. The van der Waals surface area contributed by atoms with Crippen LogP contribution < -0.4 is 19.6 Å². The van der Waals surface area contributed by atoms with Crippen LogP contribution >= 0.6 is 22.9 Å². The number of thiazole rings is 1. The molecule has 3 aromatic rings. The van der Waals surface area contributed by atoms with Crippen molar-refractivity contribution in [2.45, 2.75) is 26.8 Å². The van der Waals surface area contributed by atoms with Crippen molar-refractivity contribution in [3.63, 3.8) is 0 Å². The van der Waals surface area contributed by atoms with Crippen LogP contribution in [-0.2, 0) is 4.79 Å². The molecule has 176 valence electrons. The Morgan fingerprint density at radius 3 is 2.38 bits per heavy atom. The van der Waals surface area contributed by atoms with E-state index in [4.69, 9.17) is 21.3 Å². The largest absolute Gasteiger partial charge is 0.497 e. The fourth-order valence-corrected chi connectivity index (χ4v) is 5.26. The lowest BCUT2D eigenvalue weighted by Crippen LogP contribution is -2.43. The Balaban J connectivity index is 1.92. The molecule has 0 spiro atoms. The van der Waals surface area contributed by atoms with Gasteiger partial charge in [-0.1, -0.05) is 47.2 Å². The van der Waals surface area contributed by atoms with Crippen LogP contribution in [0.1, 0.15) is 37.9 Å². The van der Waals surface area contributed by atoms with E-state index in [2.05, 4.69) is 0 Å². The first kappa shape index (κ1) is 24.0. The number of allylic oxidation sites excluding steroid dienone is 1. The van der Waals surface area contributed by atoms with E-state index in [0.717, 1.165) is 16.9 Å². The van der Waals surface area contributed by atoms with Gasteiger partial charge in [0.1, 0.15) is 5.75 Å². The molecule has 1 amide bonds. The van der Waals surface area contributed by atoms with E-state index in [0.29, 0.717) is 38.7 Å². The van der Waals surface area contributed by atoms with Crippen molar-refractivity contribution >= 4 is 34.9 Å². The van der Waals surface area contributed by atoms with Crippen molar-refractivity contribution < 1.29 is 9.53 Å². The molecule has 1 atom stereocenters. The maximum Gasteiger partial charge on any atom is 0.271 e. The van der Waals surface area contributed by atoms with Crippen LogP contribution in [0.3, 0.4) is 0 Å². The van der Waals surface area contributed by atoms with Crippen LogP contribution in [0.4, 0.5) is 0 Å². The van der Waals surface area contributed by atoms with E-state index in [-0.39, 0.29) is 11.5 Å². The SMILES string of the molecule is CCN(CC)C(=O)C1=C(C)N=c2s/c(=C/c3ccc(OC)cc3)c(=O)n2[C@H]1c1ccc(Cl)cc1. The number of hydrogen-bond acceptors (Lipinski definition) is 5. The first-order valence-electron chi connectivity index (χ1n) is 11.1. The molecule has 1 aliphatic heterocycles. The normalized spacial score (nSPS) is 15.7. The highest BCUT2D eigenvalue weighted by Gasteiger charge is 2.34. The molecule has 0 bridgehead atoms. The van der Waals surface area contributed by atoms with Gasteiger partial charge in [0, 0.05) is 18.1 Å². The van der Waals surface area contributed by atoms with Crippen LogP contribution in [-0.4, -0.2) is 35.6 Å². The molecular formula is C26H26ClN3O3S. The predicted molar refractivity (Wildman–Crippen MR) is 136 cm³/mol. The average Bonchev–Trinajstić information content (AvgIpc) is 3.14. The topological polar surface area (TPSA) is 63.9 Å². The number of rotatable bonds is 6. The number of nitrogens with zero attached hydrogens (tertiary/aromatic N) is 3. The van der Waals surface area contributed by atoms with E-state index < -0.39 is 6.04 Å². The molecule has 0 N–H and O–H groups in total. The Labute approximate surface area is 207 Å². The molecule has 2 heterocycles. The van der Waals surface area contributed by atoms with Crippen LogP contribution in [0.15, 0.2) is 69.6 Å². The van der Waals surface area contributed by atoms with Crippen molar-refractivity contribution in [3.05, 3.63) is 95.6 Å². The monoisotopic (exact) mass is 495 g/mol. The van der Waals surface area contributed by atoms with Crippen LogP contribution in [0.25, 0.3) is 6.08 Å². The molecule has 4 rings (SSSR count). The van der Waals surface area contributed by atoms with E-state index in [1.165, 1.54) is 11.3 Å². The molecule has 1 aliphatic rings. The summed E-state index contributed by atoms with van der Waals surface area (Å²) in [6, 6.07) is 14.2. The molecular weight excluding hydrogens is 470 g/mol. The summed E-state index contributed by atoms with van der Waals surface area (Å²) in [6.07, 6.45) is 1.84. The third-order valence-corrected chi connectivity index (χ3v) is 7.14. The van der Waals surface area contributed by atoms with Gasteiger partial charge in [-0.05, 0) is 62.2 Å². The average molecular weight is 496 g/mol. The first-order chi connectivity index (χ1) is 16.4. The summed E-state index contributed by atoms with van der Waals surface area (Å²) in [5, 5.41) is 0.591. The zero-order valence-electron chi connectivity index (χ0n) is 19.5. The van der Waals surface area contributed by atoms with Crippen molar-refractivity contribution in [2.24, 2.45) is 4.99 Å². The highest BCUT2D eigenvalue weighted by molar-refractivity contribution is 7.07. The van der Waals surface area contributed by atoms with Crippen LogP contribution in [0.5, 0.6) is 5.75 Å². The summed E-state index contributed by atoms with van der Waals surface area (Å²) < 4.78 is 7.40. The smallest absolute Gasteiger partial charge is 0.271 e. The molecule has 2 aromatic carbocycles. The zero-order valence-corrected chi connectivity index (χ0v) is 21.1. The van der Waals surface area contributed by atoms with Gasteiger partial charge in [-0.3, -0.25) is 14.2 Å². The molecule has 0 saturated heterocycles. The number of hydrogen-bond donors (Lipinski definition) is 0. The van der Waals surface area contributed by atoms with Gasteiger partial charge in [-0.15, -0.1) is 0 Å². The summed E-state index contributed by atoms with van der Waals surface area (Å²) in [6.45, 7) is 6.86. The van der Waals surface area contributed by atoms with Crippen LogP contribution in [0, 0.1) is 0 Å². The molecule has 1 aromatic heterocycles. The standard InChI is InChI=1S/C26H26ClN3O3S/c1-5-29(6-2)25(32)22-16(3)28-26-30(23(22)18-9-11-19(27)12-10-18)24(31)21(34-26)15-17-7-13-20(33-4)14-8-17/h7-15,23H,5-6H2,1-4H3/b21-15+/t23-/m0/s1. The molecule has 0 aliphatic carbocycles. The lowest BCUT2D eigenvalue weighted by molar-refractivity contribution is -0.127.